The van der Waals surface area contributed by atoms with Crippen LogP contribution in [-0.4, -0.2) is 37.3 Å². The number of nitriles is 1. The van der Waals surface area contributed by atoms with Crippen molar-refractivity contribution in [3.05, 3.63) is 52.7 Å². The molecule has 162 valence electrons. The van der Waals surface area contributed by atoms with E-state index < -0.39 is 18.0 Å². The zero-order valence-electron chi connectivity index (χ0n) is 17.4. The van der Waals surface area contributed by atoms with Gasteiger partial charge in [0.25, 0.3) is 0 Å². The number of nitrogens with one attached hydrogen (secondary N) is 1. The number of ether oxygens (including phenoxy) is 1. The van der Waals surface area contributed by atoms with Gasteiger partial charge in [-0.2, -0.15) is 10.2 Å². The van der Waals surface area contributed by atoms with Crippen molar-refractivity contribution in [2.75, 3.05) is 18.5 Å². The van der Waals surface area contributed by atoms with Gasteiger partial charge in [-0.25, -0.2) is 14.2 Å². The summed E-state index contributed by atoms with van der Waals surface area (Å²) in [6, 6.07) is 9.98. The van der Waals surface area contributed by atoms with Gasteiger partial charge in [0.1, 0.15) is 11.1 Å². The van der Waals surface area contributed by atoms with Gasteiger partial charge in [0.05, 0.1) is 17.8 Å². The van der Waals surface area contributed by atoms with Crippen molar-refractivity contribution < 1.29 is 9.13 Å². The third-order valence-corrected chi connectivity index (χ3v) is 5.95. The van der Waals surface area contributed by atoms with Crippen molar-refractivity contribution in [1.82, 2.24) is 24.1 Å². The molecule has 0 radical (unpaired) electrons. The van der Waals surface area contributed by atoms with Crippen LogP contribution in [0.5, 0.6) is 0 Å². The van der Waals surface area contributed by atoms with E-state index >= 15 is 0 Å². The molecule has 9 nitrogen and oxygen atoms in total. The lowest BCUT2D eigenvalue weighted by molar-refractivity contribution is 0.0446. The Balaban J connectivity index is 1.65. The summed E-state index contributed by atoms with van der Waals surface area (Å²) in [5.74, 6) is 0.244. The summed E-state index contributed by atoms with van der Waals surface area (Å²) in [6.45, 7) is 1.58. The summed E-state index contributed by atoms with van der Waals surface area (Å²) >= 11 is 0. The van der Waals surface area contributed by atoms with Gasteiger partial charge in [-0.15, -0.1) is 0 Å². The van der Waals surface area contributed by atoms with E-state index in [1.807, 2.05) is 31.2 Å². The highest BCUT2D eigenvalue weighted by atomic mass is 19.1. The fourth-order valence-electron chi connectivity index (χ4n) is 4.17. The van der Waals surface area contributed by atoms with E-state index in [2.05, 4.69) is 26.3 Å². The molecule has 0 atom stereocenters. The number of alkyl halides is 1. The maximum Gasteiger partial charge on any atom is 0.333 e. The van der Waals surface area contributed by atoms with E-state index in [1.54, 1.807) is 6.20 Å². The number of fused-ring (bicyclic) bond motifs is 2. The van der Waals surface area contributed by atoms with E-state index in [0.717, 1.165) is 26.7 Å². The van der Waals surface area contributed by atoms with Gasteiger partial charge in [-0.3, -0.25) is 14.1 Å². The Bertz CT molecular complexity index is 1430. The third kappa shape index (κ3) is 3.09. The number of hydrogen-bond donors (Lipinski definition) is 1. The van der Waals surface area contributed by atoms with Crippen LogP contribution in [0.25, 0.3) is 22.1 Å². The Labute approximate surface area is 182 Å². The second-order valence-corrected chi connectivity index (χ2v) is 7.81. The monoisotopic (exact) mass is 433 g/mol. The summed E-state index contributed by atoms with van der Waals surface area (Å²) < 4.78 is 21.4. The quantitative estimate of drug-likeness (QED) is 0.526. The molecule has 1 aromatic carbocycles. The van der Waals surface area contributed by atoms with Gasteiger partial charge in [0, 0.05) is 43.3 Å². The van der Waals surface area contributed by atoms with Crippen molar-refractivity contribution in [2.45, 2.75) is 32.1 Å². The summed E-state index contributed by atoms with van der Waals surface area (Å²) in [7, 11) is 0. The van der Waals surface area contributed by atoms with Gasteiger partial charge >= 0.3 is 5.69 Å². The topological polar surface area (TPSA) is 111 Å². The number of nitrogens with zero attached hydrogens (tertiary/aromatic N) is 6. The van der Waals surface area contributed by atoms with Crippen molar-refractivity contribution >= 4 is 33.7 Å². The summed E-state index contributed by atoms with van der Waals surface area (Å²) in [6.07, 6.45) is 3.78. The first kappa shape index (κ1) is 20.1. The first-order valence-electron chi connectivity index (χ1n) is 10.2. The average molecular weight is 433 g/mol. The van der Waals surface area contributed by atoms with Crippen LogP contribution in [-0.2, 0) is 17.1 Å². The van der Waals surface area contributed by atoms with Gasteiger partial charge in [-0.1, -0.05) is 6.07 Å². The molecule has 1 fully saturated rings. The molecular weight excluding hydrogens is 413 g/mol. The highest BCUT2D eigenvalue weighted by Crippen LogP contribution is 2.31. The first-order chi connectivity index (χ1) is 15.6. The van der Waals surface area contributed by atoms with Crippen LogP contribution in [0.1, 0.15) is 18.4 Å². The third-order valence-electron chi connectivity index (χ3n) is 5.95. The minimum Gasteiger partial charge on any atom is -0.381 e. The SMILES string of the molecule is Cc1cc2ncccc2cc1Nc1ncc2c(n1)n(C1(C#N)CCOCC1)c(=O)n2CF. The zero-order chi connectivity index (χ0) is 22.3. The lowest BCUT2D eigenvalue weighted by Gasteiger charge is -2.31. The minimum atomic E-state index is -1.15. The fraction of sp³-hybridized carbons (Fsp3) is 0.318. The predicted molar refractivity (Wildman–Crippen MR) is 116 cm³/mol. The smallest absolute Gasteiger partial charge is 0.333 e. The minimum absolute atomic E-state index is 0.216. The standard InChI is InChI=1S/C22H20FN7O2/c1-14-9-17-15(3-2-6-25-17)10-16(14)27-20-26-11-18-19(28-20)30(21(31)29(18)13-23)22(12-24)4-7-32-8-5-22/h2-3,6,9-11H,4-5,7-8,13H2,1H3,(H,26,27,28). The number of imidazole rings is 1. The number of rotatable bonds is 4. The summed E-state index contributed by atoms with van der Waals surface area (Å²) in [5, 5.41) is 14.1. The molecule has 0 bridgehead atoms. The van der Waals surface area contributed by atoms with Gasteiger partial charge in [-0.05, 0) is 30.7 Å². The second kappa shape index (κ2) is 7.69. The molecular formula is C22H20FN7O2. The molecule has 0 spiro atoms. The number of halogens is 1. The Kier molecular flexibility index (Phi) is 4.83. The molecule has 4 heterocycles. The Morgan fingerprint density at radius 3 is 2.88 bits per heavy atom. The number of aryl methyl sites for hydroxylation is 1. The molecule has 3 aromatic heterocycles. The molecule has 0 amide bonds. The maximum absolute atomic E-state index is 13.7. The lowest BCUT2D eigenvalue weighted by atomic mass is 9.91. The molecule has 32 heavy (non-hydrogen) atoms. The normalized spacial score (nSPS) is 15.7. The highest BCUT2D eigenvalue weighted by Gasteiger charge is 2.39. The van der Waals surface area contributed by atoms with Crippen molar-refractivity contribution in [3.8, 4) is 6.07 Å². The van der Waals surface area contributed by atoms with Gasteiger partial charge in [0.2, 0.25) is 5.95 Å². The Morgan fingerprint density at radius 2 is 2.12 bits per heavy atom. The van der Waals surface area contributed by atoms with Crippen LogP contribution < -0.4 is 11.0 Å². The van der Waals surface area contributed by atoms with E-state index in [-0.39, 0.29) is 17.1 Å². The van der Waals surface area contributed by atoms with Crippen LogP contribution in [0.3, 0.4) is 0 Å². The number of hydrogen-bond acceptors (Lipinski definition) is 7. The molecule has 0 saturated carbocycles. The van der Waals surface area contributed by atoms with E-state index in [0.29, 0.717) is 26.1 Å². The largest absolute Gasteiger partial charge is 0.381 e. The first-order valence-corrected chi connectivity index (χ1v) is 10.2. The molecule has 0 unspecified atom stereocenters. The predicted octanol–water partition coefficient (Wildman–Crippen LogP) is 3.15. The number of pyridine rings is 1. The van der Waals surface area contributed by atoms with Crippen LogP contribution in [0.4, 0.5) is 16.0 Å². The second-order valence-electron chi connectivity index (χ2n) is 7.81. The summed E-state index contributed by atoms with van der Waals surface area (Å²) in [4.78, 5) is 26.2. The van der Waals surface area contributed by atoms with E-state index in [4.69, 9.17) is 4.74 Å². The molecule has 1 saturated heterocycles. The van der Waals surface area contributed by atoms with Gasteiger partial charge < -0.3 is 10.1 Å². The highest BCUT2D eigenvalue weighted by molar-refractivity contribution is 5.85. The maximum atomic E-state index is 13.7. The molecule has 10 heteroatoms. The molecule has 1 N–H and O–H groups in total. The van der Waals surface area contributed by atoms with Gasteiger partial charge in [0.15, 0.2) is 12.4 Å². The van der Waals surface area contributed by atoms with Crippen LogP contribution in [0, 0.1) is 18.3 Å². The fourth-order valence-corrected chi connectivity index (χ4v) is 4.17. The number of aromatic nitrogens is 5. The van der Waals surface area contributed by atoms with Crippen molar-refractivity contribution in [1.29, 1.82) is 5.26 Å². The Hall–Kier alpha value is -3.84. The average Bonchev–Trinajstić information content (AvgIpc) is 3.10. The van der Waals surface area contributed by atoms with Crippen molar-refractivity contribution in [3.63, 3.8) is 0 Å². The molecule has 5 rings (SSSR count). The lowest BCUT2D eigenvalue weighted by Crippen LogP contribution is -2.44. The molecule has 1 aliphatic heterocycles. The molecule has 0 aliphatic carbocycles. The number of benzene rings is 1. The molecule has 1 aliphatic rings. The van der Waals surface area contributed by atoms with Crippen LogP contribution >= 0.6 is 0 Å². The van der Waals surface area contributed by atoms with E-state index in [9.17, 15) is 14.4 Å². The Morgan fingerprint density at radius 1 is 1.31 bits per heavy atom. The number of anilines is 2. The van der Waals surface area contributed by atoms with E-state index in [1.165, 1.54) is 10.8 Å². The van der Waals surface area contributed by atoms with Crippen molar-refractivity contribution in [2.24, 2.45) is 0 Å². The zero-order valence-corrected chi connectivity index (χ0v) is 17.4. The van der Waals surface area contributed by atoms with Crippen LogP contribution in [0.2, 0.25) is 0 Å². The molecule has 4 aromatic rings. The van der Waals surface area contributed by atoms with Crippen LogP contribution in [0.15, 0.2) is 41.5 Å². The summed E-state index contributed by atoms with van der Waals surface area (Å²) in [5.41, 5.74) is 1.28.